The third-order valence-corrected chi connectivity index (χ3v) is 5.97. The number of carbonyl (C=O) groups is 1. The number of hydrogen-bond donors (Lipinski definition) is 0. The molecule has 4 rings (SSSR count). The molecule has 3 heterocycles. The van der Waals surface area contributed by atoms with Gasteiger partial charge in [-0.15, -0.1) is 10.2 Å². The summed E-state index contributed by atoms with van der Waals surface area (Å²) in [6.07, 6.45) is 12.7. The van der Waals surface area contributed by atoms with Gasteiger partial charge in [0.1, 0.15) is 5.82 Å². The fourth-order valence-corrected chi connectivity index (χ4v) is 4.51. The molecule has 0 N–H and O–H groups in total. The summed E-state index contributed by atoms with van der Waals surface area (Å²) in [5.41, 5.74) is 0.887. The first-order chi connectivity index (χ1) is 12.3. The third-order valence-electron chi connectivity index (χ3n) is 5.97. The van der Waals surface area contributed by atoms with Crippen LogP contribution in [-0.4, -0.2) is 38.5 Å². The maximum absolute atomic E-state index is 12.7. The number of piperidine rings is 1. The fourth-order valence-electron chi connectivity index (χ4n) is 4.51. The average molecular weight is 340 g/mol. The lowest BCUT2D eigenvalue weighted by Gasteiger charge is -2.32. The molecule has 0 aromatic carbocycles. The summed E-state index contributed by atoms with van der Waals surface area (Å²) >= 11 is 0. The SMILES string of the molecule is O=C(CCC1CCCCC1)N1CCCC(c2nnc3ccccn23)C1. The molecule has 1 aliphatic carbocycles. The molecule has 1 aliphatic heterocycles. The van der Waals surface area contributed by atoms with E-state index in [1.807, 2.05) is 24.4 Å². The van der Waals surface area contributed by atoms with E-state index in [0.29, 0.717) is 11.8 Å². The monoisotopic (exact) mass is 340 g/mol. The van der Waals surface area contributed by atoms with E-state index in [9.17, 15) is 4.79 Å². The van der Waals surface area contributed by atoms with Crippen molar-refractivity contribution < 1.29 is 4.79 Å². The number of nitrogens with zero attached hydrogens (tertiary/aromatic N) is 4. The van der Waals surface area contributed by atoms with Gasteiger partial charge >= 0.3 is 0 Å². The van der Waals surface area contributed by atoms with Crippen molar-refractivity contribution in [3.8, 4) is 0 Å². The van der Waals surface area contributed by atoms with Crippen molar-refractivity contribution in [1.29, 1.82) is 0 Å². The molecular formula is C20H28N4O. The summed E-state index contributed by atoms with van der Waals surface area (Å²) in [6, 6.07) is 5.97. The van der Waals surface area contributed by atoms with Crippen LogP contribution in [0.2, 0.25) is 0 Å². The van der Waals surface area contributed by atoms with Gasteiger partial charge in [0.2, 0.25) is 5.91 Å². The van der Waals surface area contributed by atoms with Crippen molar-refractivity contribution in [2.24, 2.45) is 5.92 Å². The Morgan fingerprint density at radius 3 is 2.84 bits per heavy atom. The molecule has 134 valence electrons. The number of amides is 1. The van der Waals surface area contributed by atoms with Crippen molar-refractivity contribution in [2.45, 2.75) is 63.7 Å². The predicted molar refractivity (Wildman–Crippen MR) is 97.4 cm³/mol. The van der Waals surface area contributed by atoms with E-state index in [-0.39, 0.29) is 0 Å². The first kappa shape index (κ1) is 16.6. The van der Waals surface area contributed by atoms with E-state index >= 15 is 0 Å². The number of likely N-dealkylation sites (tertiary alicyclic amines) is 1. The van der Waals surface area contributed by atoms with Crippen LogP contribution in [0.4, 0.5) is 0 Å². The minimum atomic E-state index is 0.296. The van der Waals surface area contributed by atoms with Gasteiger partial charge < -0.3 is 4.90 Å². The Morgan fingerprint density at radius 2 is 1.96 bits per heavy atom. The summed E-state index contributed by atoms with van der Waals surface area (Å²) in [5, 5.41) is 8.68. The Bertz CT molecular complexity index is 719. The van der Waals surface area contributed by atoms with E-state index in [1.165, 1.54) is 32.1 Å². The number of fused-ring (bicyclic) bond motifs is 1. The van der Waals surface area contributed by atoms with Crippen LogP contribution in [0, 0.1) is 5.92 Å². The Hall–Kier alpha value is -1.91. The molecule has 25 heavy (non-hydrogen) atoms. The van der Waals surface area contributed by atoms with E-state index in [0.717, 1.165) is 56.2 Å². The maximum Gasteiger partial charge on any atom is 0.222 e. The van der Waals surface area contributed by atoms with Gasteiger partial charge in [0.25, 0.3) is 0 Å². The first-order valence-corrected chi connectivity index (χ1v) is 9.88. The predicted octanol–water partition coefficient (Wildman–Crippen LogP) is 3.80. The summed E-state index contributed by atoms with van der Waals surface area (Å²) in [6.45, 7) is 1.69. The molecule has 5 nitrogen and oxygen atoms in total. The van der Waals surface area contributed by atoms with Gasteiger partial charge in [0.05, 0.1) is 0 Å². The van der Waals surface area contributed by atoms with Gasteiger partial charge in [-0.25, -0.2) is 0 Å². The van der Waals surface area contributed by atoms with E-state index < -0.39 is 0 Å². The summed E-state index contributed by atoms with van der Waals surface area (Å²) in [4.78, 5) is 14.8. The summed E-state index contributed by atoms with van der Waals surface area (Å²) < 4.78 is 2.07. The van der Waals surface area contributed by atoms with Crippen LogP contribution in [0.15, 0.2) is 24.4 Å². The van der Waals surface area contributed by atoms with E-state index in [2.05, 4.69) is 19.5 Å². The fraction of sp³-hybridized carbons (Fsp3) is 0.650. The number of hydrogen-bond acceptors (Lipinski definition) is 3. The Morgan fingerprint density at radius 1 is 1.08 bits per heavy atom. The van der Waals surface area contributed by atoms with Crippen LogP contribution in [0.3, 0.4) is 0 Å². The molecule has 0 spiro atoms. The number of rotatable bonds is 4. The van der Waals surface area contributed by atoms with Crippen molar-refractivity contribution >= 4 is 11.6 Å². The second-order valence-electron chi connectivity index (χ2n) is 7.71. The van der Waals surface area contributed by atoms with Crippen molar-refractivity contribution in [1.82, 2.24) is 19.5 Å². The van der Waals surface area contributed by atoms with Gasteiger partial charge in [-0.2, -0.15) is 0 Å². The van der Waals surface area contributed by atoms with Crippen molar-refractivity contribution in [2.75, 3.05) is 13.1 Å². The van der Waals surface area contributed by atoms with Gasteiger partial charge in [0.15, 0.2) is 5.65 Å². The molecule has 2 aromatic heterocycles. The number of pyridine rings is 1. The smallest absolute Gasteiger partial charge is 0.222 e. The van der Waals surface area contributed by atoms with Crippen LogP contribution in [0.1, 0.15) is 69.5 Å². The molecule has 2 aromatic rings. The van der Waals surface area contributed by atoms with Crippen LogP contribution < -0.4 is 0 Å². The van der Waals surface area contributed by atoms with Gasteiger partial charge in [-0.05, 0) is 37.3 Å². The standard InChI is InChI=1S/C20H28N4O/c25-19(12-11-16-7-2-1-3-8-16)23-13-6-9-17(15-23)20-22-21-18-10-4-5-14-24(18)20/h4-5,10,14,16-17H,1-3,6-9,11-13,15H2. The maximum atomic E-state index is 12.7. The molecule has 0 radical (unpaired) electrons. The van der Waals surface area contributed by atoms with Gasteiger partial charge in [-0.3, -0.25) is 9.20 Å². The van der Waals surface area contributed by atoms with Crippen LogP contribution in [0.25, 0.3) is 5.65 Å². The lowest BCUT2D eigenvalue weighted by Crippen LogP contribution is -2.39. The minimum Gasteiger partial charge on any atom is -0.342 e. The Kier molecular flexibility index (Phi) is 4.99. The third kappa shape index (κ3) is 3.70. The zero-order chi connectivity index (χ0) is 17.1. The molecular weight excluding hydrogens is 312 g/mol. The van der Waals surface area contributed by atoms with Gasteiger partial charge in [-0.1, -0.05) is 38.2 Å². The molecule has 1 unspecified atom stereocenters. The lowest BCUT2D eigenvalue weighted by molar-refractivity contribution is -0.132. The second kappa shape index (κ2) is 7.54. The highest BCUT2D eigenvalue weighted by molar-refractivity contribution is 5.76. The molecule has 2 aliphatic rings. The topological polar surface area (TPSA) is 50.5 Å². The molecule has 1 saturated heterocycles. The van der Waals surface area contributed by atoms with E-state index in [1.54, 1.807) is 0 Å². The second-order valence-corrected chi connectivity index (χ2v) is 7.71. The van der Waals surface area contributed by atoms with E-state index in [4.69, 9.17) is 0 Å². The highest BCUT2D eigenvalue weighted by Gasteiger charge is 2.28. The highest BCUT2D eigenvalue weighted by Crippen LogP contribution is 2.29. The largest absolute Gasteiger partial charge is 0.342 e. The lowest BCUT2D eigenvalue weighted by atomic mass is 9.86. The molecule has 1 saturated carbocycles. The van der Waals surface area contributed by atoms with Crippen LogP contribution in [0.5, 0.6) is 0 Å². The zero-order valence-corrected chi connectivity index (χ0v) is 14.9. The number of carbonyl (C=O) groups excluding carboxylic acids is 1. The van der Waals surface area contributed by atoms with Crippen molar-refractivity contribution in [3.05, 3.63) is 30.2 Å². The Labute approximate surface area is 149 Å². The number of aromatic nitrogens is 3. The van der Waals surface area contributed by atoms with Crippen molar-refractivity contribution in [3.63, 3.8) is 0 Å². The van der Waals surface area contributed by atoms with Crippen LogP contribution in [-0.2, 0) is 4.79 Å². The quantitative estimate of drug-likeness (QED) is 0.851. The zero-order valence-electron chi connectivity index (χ0n) is 14.9. The Balaban J connectivity index is 1.38. The summed E-state index contributed by atoms with van der Waals surface area (Å²) in [5.74, 6) is 2.41. The van der Waals surface area contributed by atoms with Crippen LogP contribution >= 0.6 is 0 Å². The molecule has 5 heteroatoms. The molecule has 1 amide bonds. The minimum absolute atomic E-state index is 0.296. The molecule has 2 fully saturated rings. The average Bonchev–Trinajstić information content (AvgIpc) is 3.11. The normalized spacial score (nSPS) is 22.4. The molecule has 1 atom stereocenters. The summed E-state index contributed by atoms with van der Waals surface area (Å²) in [7, 11) is 0. The van der Waals surface area contributed by atoms with Gasteiger partial charge in [0, 0.05) is 31.6 Å². The first-order valence-electron chi connectivity index (χ1n) is 9.88. The molecule has 0 bridgehead atoms. The highest BCUT2D eigenvalue weighted by atomic mass is 16.2.